The summed E-state index contributed by atoms with van der Waals surface area (Å²) in [7, 11) is 1.68. The predicted molar refractivity (Wildman–Crippen MR) is 66.2 cm³/mol. The minimum Gasteiger partial charge on any atom is -0.310 e. The first-order chi connectivity index (χ1) is 8.18. The summed E-state index contributed by atoms with van der Waals surface area (Å²) in [6, 6.07) is 6.68. The standard InChI is InChI=1S/C12H10ClN3O/c1-16(10-3-5-14-6-4-10)12(17)11-8-9(13)2-7-15-11/h2-8H,1H3. The SMILES string of the molecule is CN(C(=O)c1cc(Cl)ccn1)c1ccncc1. The van der Waals surface area contributed by atoms with Gasteiger partial charge in [-0.2, -0.15) is 0 Å². The van der Waals surface area contributed by atoms with Gasteiger partial charge in [0.05, 0.1) is 0 Å². The molecule has 0 spiro atoms. The van der Waals surface area contributed by atoms with Crippen LogP contribution >= 0.6 is 11.6 Å². The van der Waals surface area contributed by atoms with E-state index < -0.39 is 0 Å². The fraction of sp³-hybridized carbons (Fsp3) is 0.0833. The maximum atomic E-state index is 12.1. The van der Waals surface area contributed by atoms with Crippen molar-refractivity contribution < 1.29 is 4.79 Å². The van der Waals surface area contributed by atoms with Crippen LogP contribution in [0.5, 0.6) is 0 Å². The van der Waals surface area contributed by atoms with E-state index in [0.29, 0.717) is 10.7 Å². The third-order valence-electron chi connectivity index (χ3n) is 2.30. The number of carbonyl (C=O) groups is 1. The number of hydrogen-bond donors (Lipinski definition) is 0. The molecule has 4 nitrogen and oxygen atoms in total. The lowest BCUT2D eigenvalue weighted by atomic mass is 10.3. The summed E-state index contributed by atoms with van der Waals surface area (Å²) in [4.78, 5) is 21.5. The molecule has 2 aromatic heterocycles. The highest BCUT2D eigenvalue weighted by molar-refractivity contribution is 6.31. The molecule has 0 aromatic carbocycles. The molecule has 2 rings (SSSR count). The fourth-order valence-corrected chi connectivity index (χ4v) is 1.54. The van der Waals surface area contributed by atoms with Crippen molar-refractivity contribution >= 4 is 23.2 Å². The Morgan fingerprint density at radius 2 is 1.94 bits per heavy atom. The van der Waals surface area contributed by atoms with Crippen LogP contribution in [0.1, 0.15) is 10.5 Å². The quantitative estimate of drug-likeness (QED) is 0.819. The Bertz CT molecular complexity index is 530. The van der Waals surface area contributed by atoms with Gasteiger partial charge in [-0.05, 0) is 24.3 Å². The number of rotatable bonds is 2. The van der Waals surface area contributed by atoms with Crippen LogP contribution in [0.4, 0.5) is 5.69 Å². The second-order valence-electron chi connectivity index (χ2n) is 3.43. The number of carbonyl (C=O) groups excluding carboxylic acids is 1. The van der Waals surface area contributed by atoms with Crippen molar-refractivity contribution in [3.8, 4) is 0 Å². The number of hydrogen-bond acceptors (Lipinski definition) is 3. The molecular weight excluding hydrogens is 238 g/mol. The molecule has 2 aromatic rings. The summed E-state index contributed by atoms with van der Waals surface area (Å²) in [5.74, 6) is -0.210. The van der Waals surface area contributed by atoms with Crippen LogP contribution in [0.25, 0.3) is 0 Å². The van der Waals surface area contributed by atoms with Crippen LogP contribution < -0.4 is 4.90 Å². The van der Waals surface area contributed by atoms with Crippen LogP contribution in [0.3, 0.4) is 0 Å². The lowest BCUT2D eigenvalue weighted by Crippen LogP contribution is -2.26. The van der Waals surface area contributed by atoms with E-state index in [4.69, 9.17) is 11.6 Å². The zero-order valence-corrected chi connectivity index (χ0v) is 9.93. The van der Waals surface area contributed by atoms with Crippen LogP contribution in [-0.2, 0) is 0 Å². The van der Waals surface area contributed by atoms with Crippen molar-refractivity contribution in [3.63, 3.8) is 0 Å². The Labute approximate surface area is 104 Å². The van der Waals surface area contributed by atoms with E-state index in [0.717, 1.165) is 5.69 Å². The Kier molecular flexibility index (Phi) is 3.35. The van der Waals surface area contributed by atoms with Gasteiger partial charge in [0.1, 0.15) is 5.69 Å². The normalized spacial score (nSPS) is 10.0. The number of halogens is 1. The van der Waals surface area contributed by atoms with Gasteiger partial charge in [-0.15, -0.1) is 0 Å². The highest BCUT2D eigenvalue weighted by atomic mass is 35.5. The minimum atomic E-state index is -0.210. The lowest BCUT2D eigenvalue weighted by molar-refractivity contribution is 0.0988. The zero-order valence-electron chi connectivity index (χ0n) is 9.17. The summed E-state index contributed by atoms with van der Waals surface area (Å²) in [5, 5.41) is 0.492. The summed E-state index contributed by atoms with van der Waals surface area (Å²) >= 11 is 5.82. The highest BCUT2D eigenvalue weighted by Gasteiger charge is 2.14. The van der Waals surface area contributed by atoms with Crippen molar-refractivity contribution in [3.05, 3.63) is 53.6 Å². The van der Waals surface area contributed by atoms with Gasteiger partial charge in [0.25, 0.3) is 5.91 Å². The number of anilines is 1. The fourth-order valence-electron chi connectivity index (χ4n) is 1.38. The molecule has 0 aliphatic rings. The summed E-state index contributed by atoms with van der Waals surface area (Å²) in [5.41, 5.74) is 1.07. The second-order valence-corrected chi connectivity index (χ2v) is 3.87. The van der Waals surface area contributed by atoms with E-state index in [-0.39, 0.29) is 5.91 Å². The molecule has 1 amide bonds. The molecule has 0 aliphatic carbocycles. The first kappa shape index (κ1) is 11.5. The molecule has 17 heavy (non-hydrogen) atoms. The van der Waals surface area contributed by atoms with Gasteiger partial charge < -0.3 is 4.90 Å². The molecule has 0 atom stereocenters. The smallest absolute Gasteiger partial charge is 0.276 e. The zero-order chi connectivity index (χ0) is 12.3. The van der Waals surface area contributed by atoms with Crippen molar-refractivity contribution in [1.82, 2.24) is 9.97 Å². The van der Waals surface area contributed by atoms with Crippen molar-refractivity contribution in [2.75, 3.05) is 11.9 Å². The lowest BCUT2D eigenvalue weighted by Gasteiger charge is -2.16. The Hall–Kier alpha value is -1.94. The van der Waals surface area contributed by atoms with Crippen molar-refractivity contribution in [2.45, 2.75) is 0 Å². The first-order valence-electron chi connectivity index (χ1n) is 4.98. The average molecular weight is 248 g/mol. The molecule has 0 fully saturated rings. The average Bonchev–Trinajstić information content (AvgIpc) is 2.38. The maximum Gasteiger partial charge on any atom is 0.276 e. The molecule has 0 unspecified atom stereocenters. The molecule has 0 N–H and O–H groups in total. The Morgan fingerprint density at radius 3 is 2.59 bits per heavy atom. The van der Waals surface area contributed by atoms with Gasteiger partial charge in [0, 0.05) is 36.3 Å². The monoisotopic (exact) mass is 247 g/mol. The summed E-state index contributed by atoms with van der Waals surface area (Å²) < 4.78 is 0. The number of pyridine rings is 2. The summed E-state index contributed by atoms with van der Waals surface area (Å²) in [6.45, 7) is 0. The topological polar surface area (TPSA) is 46.1 Å². The molecule has 0 aliphatic heterocycles. The van der Waals surface area contributed by atoms with Gasteiger partial charge in [0.15, 0.2) is 0 Å². The van der Waals surface area contributed by atoms with Gasteiger partial charge in [-0.3, -0.25) is 14.8 Å². The number of amides is 1. The van der Waals surface area contributed by atoms with Crippen LogP contribution in [-0.4, -0.2) is 22.9 Å². The Morgan fingerprint density at radius 1 is 1.24 bits per heavy atom. The molecule has 0 bridgehead atoms. The third kappa shape index (κ3) is 2.60. The number of nitrogens with zero attached hydrogens (tertiary/aromatic N) is 3. The van der Waals surface area contributed by atoms with E-state index in [1.807, 2.05) is 0 Å². The minimum absolute atomic E-state index is 0.210. The predicted octanol–water partition coefficient (Wildman–Crippen LogP) is 2.41. The molecule has 0 radical (unpaired) electrons. The van der Waals surface area contributed by atoms with E-state index in [1.165, 1.54) is 11.1 Å². The molecule has 5 heteroatoms. The molecule has 2 heterocycles. The Balaban J connectivity index is 2.27. The molecule has 0 saturated heterocycles. The van der Waals surface area contributed by atoms with Crippen LogP contribution in [0.2, 0.25) is 5.02 Å². The van der Waals surface area contributed by atoms with E-state index in [9.17, 15) is 4.79 Å². The molecule has 0 saturated carbocycles. The second kappa shape index (κ2) is 4.93. The van der Waals surface area contributed by atoms with E-state index in [2.05, 4.69) is 9.97 Å². The molecule has 86 valence electrons. The van der Waals surface area contributed by atoms with Crippen molar-refractivity contribution in [2.24, 2.45) is 0 Å². The van der Waals surface area contributed by atoms with E-state index in [1.54, 1.807) is 43.7 Å². The van der Waals surface area contributed by atoms with Gasteiger partial charge in [0.2, 0.25) is 0 Å². The third-order valence-corrected chi connectivity index (χ3v) is 2.53. The highest BCUT2D eigenvalue weighted by Crippen LogP contribution is 2.15. The number of aromatic nitrogens is 2. The largest absolute Gasteiger partial charge is 0.310 e. The first-order valence-corrected chi connectivity index (χ1v) is 5.36. The molecular formula is C12H10ClN3O. The van der Waals surface area contributed by atoms with Gasteiger partial charge >= 0.3 is 0 Å². The van der Waals surface area contributed by atoms with Crippen LogP contribution in [0.15, 0.2) is 42.9 Å². The van der Waals surface area contributed by atoms with E-state index >= 15 is 0 Å². The van der Waals surface area contributed by atoms with Crippen molar-refractivity contribution in [1.29, 1.82) is 0 Å². The maximum absolute atomic E-state index is 12.1. The van der Waals surface area contributed by atoms with Gasteiger partial charge in [-0.25, -0.2) is 0 Å². The summed E-state index contributed by atoms with van der Waals surface area (Å²) in [6.07, 6.45) is 4.77. The van der Waals surface area contributed by atoms with Crippen LogP contribution in [0, 0.1) is 0 Å². The van der Waals surface area contributed by atoms with Gasteiger partial charge in [-0.1, -0.05) is 11.6 Å².